The number of amides is 1. The van der Waals surface area contributed by atoms with E-state index in [1.165, 1.54) is 0 Å². The molecule has 1 aromatic carbocycles. The first-order chi connectivity index (χ1) is 9.59. The van der Waals surface area contributed by atoms with Gasteiger partial charge in [0.1, 0.15) is 0 Å². The summed E-state index contributed by atoms with van der Waals surface area (Å²) in [7, 11) is 0. The molecule has 0 spiro atoms. The van der Waals surface area contributed by atoms with Crippen LogP contribution in [-0.4, -0.2) is 42.4 Å². The van der Waals surface area contributed by atoms with Crippen LogP contribution in [0.3, 0.4) is 0 Å². The number of ketones is 1. The van der Waals surface area contributed by atoms with Crippen molar-refractivity contribution in [3.8, 4) is 0 Å². The van der Waals surface area contributed by atoms with Gasteiger partial charge in [-0.2, -0.15) is 0 Å². The maximum absolute atomic E-state index is 12.1. The van der Waals surface area contributed by atoms with Gasteiger partial charge in [-0.1, -0.05) is 24.3 Å². The van der Waals surface area contributed by atoms with Crippen LogP contribution in [0.4, 0.5) is 0 Å². The molecule has 4 heteroatoms. The molecule has 1 fully saturated rings. The summed E-state index contributed by atoms with van der Waals surface area (Å²) in [6.07, 6.45) is 0.547. The van der Waals surface area contributed by atoms with Gasteiger partial charge in [0.2, 0.25) is 5.91 Å². The minimum absolute atomic E-state index is 0.0392. The maximum Gasteiger partial charge on any atom is 0.223 e. The SMILES string of the molecule is Cc1ccccc1C(=O)CCC(=O)N1CCOCC1C. The number of aryl methyl sites for hydroxylation is 1. The minimum Gasteiger partial charge on any atom is -0.377 e. The van der Waals surface area contributed by atoms with Crippen LogP contribution in [0.15, 0.2) is 24.3 Å². The van der Waals surface area contributed by atoms with E-state index in [0.717, 1.165) is 11.1 Å². The van der Waals surface area contributed by atoms with E-state index in [1.807, 2.05) is 43.0 Å². The van der Waals surface area contributed by atoms with Gasteiger partial charge in [0.15, 0.2) is 5.78 Å². The molecule has 0 radical (unpaired) electrons. The lowest BCUT2D eigenvalue weighted by Gasteiger charge is -2.33. The van der Waals surface area contributed by atoms with Gasteiger partial charge in [0.05, 0.1) is 19.3 Å². The van der Waals surface area contributed by atoms with Gasteiger partial charge in [0.25, 0.3) is 0 Å². The third-order valence-electron chi connectivity index (χ3n) is 3.70. The van der Waals surface area contributed by atoms with Crippen molar-refractivity contribution in [2.75, 3.05) is 19.8 Å². The van der Waals surface area contributed by atoms with Crippen LogP contribution >= 0.6 is 0 Å². The lowest BCUT2D eigenvalue weighted by molar-refractivity contribution is -0.139. The van der Waals surface area contributed by atoms with Gasteiger partial charge >= 0.3 is 0 Å². The van der Waals surface area contributed by atoms with Crippen LogP contribution < -0.4 is 0 Å². The zero-order valence-electron chi connectivity index (χ0n) is 12.1. The standard InChI is InChI=1S/C16H21NO3/c1-12-5-3-4-6-14(12)15(18)7-8-16(19)17-9-10-20-11-13(17)2/h3-6,13H,7-11H2,1-2H3. The Balaban J connectivity index is 1.90. The molecule has 1 aliphatic heterocycles. The van der Waals surface area contributed by atoms with Crippen LogP contribution in [0.2, 0.25) is 0 Å². The molecule has 1 aromatic rings. The zero-order chi connectivity index (χ0) is 14.5. The van der Waals surface area contributed by atoms with E-state index in [0.29, 0.717) is 19.8 Å². The van der Waals surface area contributed by atoms with Gasteiger partial charge in [-0.05, 0) is 19.4 Å². The lowest BCUT2D eigenvalue weighted by atomic mass is 10.0. The third kappa shape index (κ3) is 3.45. The zero-order valence-corrected chi connectivity index (χ0v) is 12.1. The summed E-state index contributed by atoms with van der Waals surface area (Å²) in [5, 5.41) is 0. The molecular formula is C16H21NO3. The second kappa shape index (κ2) is 6.66. The van der Waals surface area contributed by atoms with E-state index in [4.69, 9.17) is 4.74 Å². The van der Waals surface area contributed by atoms with Crippen LogP contribution in [0.5, 0.6) is 0 Å². The van der Waals surface area contributed by atoms with Crippen LogP contribution in [0.1, 0.15) is 35.7 Å². The average Bonchev–Trinajstić information content (AvgIpc) is 2.45. The number of Topliss-reactive ketones (excluding diaryl/α,β-unsaturated/α-hetero) is 1. The number of ether oxygens (including phenoxy) is 1. The Morgan fingerprint density at radius 2 is 2.05 bits per heavy atom. The Bertz CT molecular complexity index is 498. The summed E-state index contributed by atoms with van der Waals surface area (Å²) in [5.74, 6) is 0.0834. The normalized spacial score (nSPS) is 18.9. The van der Waals surface area contributed by atoms with Crippen molar-refractivity contribution in [3.05, 3.63) is 35.4 Å². The van der Waals surface area contributed by atoms with Crippen LogP contribution in [0, 0.1) is 6.92 Å². The number of nitrogens with zero attached hydrogens (tertiary/aromatic N) is 1. The predicted molar refractivity (Wildman–Crippen MR) is 76.7 cm³/mol. The molecule has 1 amide bonds. The topological polar surface area (TPSA) is 46.6 Å². The molecule has 0 N–H and O–H groups in total. The highest BCUT2D eigenvalue weighted by Gasteiger charge is 2.24. The highest BCUT2D eigenvalue weighted by atomic mass is 16.5. The van der Waals surface area contributed by atoms with Gasteiger partial charge in [-0.25, -0.2) is 0 Å². The van der Waals surface area contributed by atoms with E-state index in [1.54, 1.807) is 0 Å². The molecule has 20 heavy (non-hydrogen) atoms. The minimum atomic E-state index is 0.0392. The molecule has 0 bridgehead atoms. The molecular weight excluding hydrogens is 254 g/mol. The molecule has 0 saturated carbocycles. The van der Waals surface area contributed by atoms with Gasteiger partial charge in [-0.3, -0.25) is 9.59 Å². The van der Waals surface area contributed by atoms with Crippen molar-refractivity contribution in [2.24, 2.45) is 0 Å². The van der Waals surface area contributed by atoms with Crippen molar-refractivity contribution in [2.45, 2.75) is 32.7 Å². The van der Waals surface area contributed by atoms with Crippen molar-refractivity contribution in [1.29, 1.82) is 0 Å². The van der Waals surface area contributed by atoms with E-state index < -0.39 is 0 Å². The van der Waals surface area contributed by atoms with E-state index >= 15 is 0 Å². The number of carbonyl (C=O) groups is 2. The molecule has 1 heterocycles. The van der Waals surface area contributed by atoms with E-state index in [2.05, 4.69) is 0 Å². The van der Waals surface area contributed by atoms with Crippen molar-refractivity contribution in [1.82, 2.24) is 4.90 Å². The fourth-order valence-corrected chi connectivity index (χ4v) is 2.48. The fraction of sp³-hybridized carbons (Fsp3) is 0.500. The van der Waals surface area contributed by atoms with Crippen molar-refractivity contribution in [3.63, 3.8) is 0 Å². The van der Waals surface area contributed by atoms with Crippen molar-refractivity contribution < 1.29 is 14.3 Å². The fourth-order valence-electron chi connectivity index (χ4n) is 2.48. The van der Waals surface area contributed by atoms with Crippen molar-refractivity contribution >= 4 is 11.7 Å². The second-order valence-electron chi connectivity index (χ2n) is 5.25. The lowest BCUT2D eigenvalue weighted by Crippen LogP contribution is -2.47. The number of carbonyl (C=O) groups excluding carboxylic acids is 2. The van der Waals surface area contributed by atoms with Crippen LogP contribution in [0.25, 0.3) is 0 Å². The Morgan fingerprint density at radius 1 is 1.30 bits per heavy atom. The number of benzene rings is 1. The number of hydrogen-bond acceptors (Lipinski definition) is 3. The molecule has 0 aromatic heterocycles. The molecule has 1 unspecified atom stereocenters. The highest BCUT2D eigenvalue weighted by Crippen LogP contribution is 2.13. The first kappa shape index (κ1) is 14.7. The van der Waals surface area contributed by atoms with Gasteiger partial charge in [-0.15, -0.1) is 0 Å². The summed E-state index contributed by atoms with van der Waals surface area (Å²) < 4.78 is 5.31. The Hall–Kier alpha value is -1.68. The predicted octanol–water partition coefficient (Wildman–Crippen LogP) is 2.21. The van der Waals surface area contributed by atoms with E-state index in [-0.39, 0.29) is 30.6 Å². The molecule has 1 aliphatic rings. The summed E-state index contributed by atoms with van der Waals surface area (Å²) in [5.41, 5.74) is 1.68. The molecule has 0 aliphatic carbocycles. The maximum atomic E-state index is 12.1. The summed E-state index contributed by atoms with van der Waals surface area (Å²) in [6, 6.07) is 7.60. The first-order valence-electron chi connectivity index (χ1n) is 7.05. The second-order valence-corrected chi connectivity index (χ2v) is 5.25. The summed E-state index contributed by atoms with van der Waals surface area (Å²) in [4.78, 5) is 26.1. The van der Waals surface area contributed by atoms with E-state index in [9.17, 15) is 9.59 Å². The quantitative estimate of drug-likeness (QED) is 0.791. The number of rotatable bonds is 4. The molecule has 1 saturated heterocycles. The highest BCUT2D eigenvalue weighted by molar-refractivity contribution is 5.99. The Morgan fingerprint density at radius 3 is 2.75 bits per heavy atom. The molecule has 1 atom stereocenters. The summed E-state index contributed by atoms with van der Waals surface area (Å²) >= 11 is 0. The average molecular weight is 275 g/mol. The van der Waals surface area contributed by atoms with Crippen LogP contribution in [-0.2, 0) is 9.53 Å². The number of morpholine rings is 1. The first-order valence-corrected chi connectivity index (χ1v) is 7.05. The number of hydrogen-bond donors (Lipinski definition) is 0. The monoisotopic (exact) mass is 275 g/mol. The van der Waals surface area contributed by atoms with Gasteiger partial charge < -0.3 is 9.64 Å². The largest absolute Gasteiger partial charge is 0.377 e. The molecule has 2 rings (SSSR count). The Kier molecular flexibility index (Phi) is 4.90. The Labute approximate surface area is 119 Å². The van der Waals surface area contributed by atoms with Gasteiger partial charge in [0, 0.05) is 24.9 Å². The third-order valence-corrected chi connectivity index (χ3v) is 3.70. The molecule has 4 nitrogen and oxygen atoms in total. The molecule has 108 valence electrons. The summed E-state index contributed by atoms with van der Waals surface area (Å²) in [6.45, 7) is 5.68. The smallest absolute Gasteiger partial charge is 0.223 e.